The molecule has 1 aliphatic heterocycles. The third-order valence-electron chi connectivity index (χ3n) is 5.69. The third-order valence-corrected chi connectivity index (χ3v) is 5.69. The van der Waals surface area contributed by atoms with Crippen molar-refractivity contribution < 1.29 is 4.79 Å². The van der Waals surface area contributed by atoms with Crippen LogP contribution in [0.4, 0.5) is 0 Å². The number of nitrogens with zero attached hydrogens (tertiary/aromatic N) is 4. The van der Waals surface area contributed by atoms with Gasteiger partial charge in [0, 0.05) is 57.6 Å². The van der Waals surface area contributed by atoms with Crippen molar-refractivity contribution in [1.29, 1.82) is 0 Å². The number of hydrogen-bond acceptors (Lipinski definition) is 3. The summed E-state index contributed by atoms with van der Waals surface area (Å²) in [5, 5.41) is 11.2. The van der Waals surface area contributed by atoms with Gasteiger partial charge in [0.05, 0.1) is 0 Å². The van der Waals surface area contributed by atoms with Crippen LogP contribution in [0.3, 0.4) is 0 Å². The molecule has 2 atom stereocenters. The van der Waals surface area contributed by atoms with Crippen LogP contribution in [-0.2, 0) is 11.3 Å². The van der Waals surface area contributed by atoms with Crippen LogP contribution in [0.25, 0.3) is 0 Å². The van der Waals surface area contributed by atoms with E-state index in [1.54, 1.807) is 13.2 Å². The first-order chi connectivity index (χ1) is 13.2. The van der Waals surface area contributed by atoms with E-state index in [0.29, 0.717) is 11.8 Å². The second kappa shape index (κ2) is 11.6. The number of nitrogens with one attached hydrogen (secondary N) is 2. The summed E-state index contributed by atoms with van der Waals surface area (Å²) < 4.78 is 1.95. The highest BCUT2D eigenvalue weighted by Crippen LogP contribution is 2.26. The van der Waals surface area contributed by atoms with Gasteiger partial charge in [0.25, 0.3) is 0 Å². The summed E-state index contributed by atoms with van der Waals surface area (Å²) in [6, 6.07) is 2.23. The maximum Gasteiger partial charge on any atom is 0.225 e. The zero-order chi connectivity index (χ0) is 19.1. The molecule has 7 nitrogen and oxygen atoms in total. The molecule has 1 saturated heterocycles. The van der Waals surface area contributed by atoms with Crippen LogP contribution in [0.15, 0.2) is 23.5 Å². The molecule has 0 bridgehead atoms. The molecule has 1 aliphatic carbocycles. The summed E-state index contributed by atoms with van der Waals surface area (Å²) in [7, 11) is 1.80. The fourth-order valence-electron chi connectivity index (χ4n) is 4.14. The summed E-state index contributed by atoms with van der Waals surface area (Å²) in [4.78, 5) is 19.1. The van der Waals surface area contributed by atoms with Crippen molar-refractivity contribution in [2.75, 3.05) is 26.7 Å². The number of hydrogen-bond donors (Lipinski definition) is 2. The van der Waals surface area contributed by atoms with Crippen LogP contribution >= 0.6 is 24.0 Å². The predicted molar refractivity (Wildman–Crippen MR) is 123 cm³/mol. The van der Waals surface area contributed by atoms with Gasteiger partial charge in [-0.2, -0.15) is 5.10 Å². The Bertz CT molecular complexity index is 614. The summed E-state index contributed by atoms with van der Waals surface area (Å²) >= 11 is 0. The summed E-state index contributed by atoms with van der Waals surface area (Å²) in [5.41, 5.74) is 0. The van der Waals surface area contributed by atoms with Crippen molar-refractivity contribution in [2.45, 2.75) is 58.0 Å². The van der Waals surface area contributed by atoms with Gasteiger partial charge in [-0.25, -0.2) is 0 Å². The molecular weight excluding hydrogens is 467 g/mol. The Hall–Kier alpha value is -1.32. The van der Waals surface area contributed by atoms with E-state index >= 15 is 0 Å². The molecule has 28 heavy (non-hydrogen) atoms. The van der Waals surface area contributed by atoms with Crippen molar-refractivity contribution in [1.82, 2.24) is 25.3 Å². The number of amides is 1. The van der Waals surface area contributed by atoms with Gasteiger partial charge in [-0.15, -0.1) is 24.0 Å². The predicted octanol–water partition coefficient (Wildman–Crippen LogP) is 2.48. The number of guanidine groups is 1. The van der Waals surface area contributed by atoms with Crippen molar-refractivity contribution >= 4 is 35.8 Å². The first kappa shape index (κ1) is 23.0. The quantitative estimate of drug-likeness (QED) is 0.356. The summed E-state index contributed by atoms with van der Waals surface area (Å²) in [6.07, 6.45) is 10.6. The molecule has 1 aromatic heterocycles. The highest BCUT2D eigenvalue weighted by Gasteiger charge is 2.31. The highest BCUT2D eigenvalue weighted by molar-refractivity contribution is 14.0. The molecule has 0 radical (unpaired) electrons. The number of carbonyl (C=O) groups excluding carboxylic acids is 1. The second-order valence-corrected chi connectivity index (χ2v) is 8.04. The average molecular weight is 502 g/mol. The Morgan fingerprint density at radius 3 is 2.75 bits per heavy atom. The lowest BCUT2D eigenvalue weighted by Gasteiger charge is -2.26. The lowest BCUT2D eigenvalue weighted by molar-refractivity contribution is -0.135. The molecular formula is C20H35IN6O. The van der Waals surface area contributed by atoms with Gasteiger partial charge in [-0.05, 0) is 31.2 Å². The minimum absolute atomic E-state index is 0. The normalized spacial score (nSPS) is 21.9. The molecule has 158 valence electrons. The van der Waals surface area contributed by atoms with Gasteiger partial charge in [0.15, 0.2) is 5.96 Å². The van der Waals surface area contributed by atoms with Gasteiger partial charge >= 0.3 is 0 Å². The minimum Gasteiger partial charge on any atom is -0.356 e. The SMILES string of the molecule is CN=C(NCC(C)Cn1cccn1)NC1CCN(C(=O)C2CCCCC2)C1.I. The Balaban J connectivity index is 0.00000280. The third kappa shape index (κ3) is 6.63. The van der Waals surface area contributed by atoms with E-state index < -0.39 is 0 Å². The van der Waals surface area contributed by atoms with Crippen LogP contribution in [-0.4, -0.2) is 59.3 Å². The van der Waals surface area contributed by atoms with Crippen molar-refractivity contribution in [3.63, 3.8) is 0 Å². The molecule has 0 aromatic carbocycles. The average Bonchev–Trinajstić information content (AvgIpc) is 3.37. The van der Waals surface area contributed by atoms with Crippen molar-refractivity contribution in [3.8, 4) is 0 Å². The van der Waals surface area contributed by atoms with Gasteiger partial charge in [0.2, 0.25) is 5.91 Å². The fourth-order valence-corrected chi connectivity index (χ4v) is 4.14. The lowest BCUT2D eigenvalue weighted by Crippen LogP contribution is -2.46. The Morgan fingerprint density at radius 1 is 1.29 bits per heavy atom. The molecule has 2 aliphatic rings. The Morgan fingerprint density at radius 2 is 2.07 bits per heavy atom. The first-order valence-corrected chi connectivity index (χ1v) is 10.4. The van der Waals surface area contributed by atoms with Gasteiger partial charge in [-0.3, -0.25) is 14.5 Å². The molecule has 2 N–H and O–H groups in total. The molecule has 3 rings (SSSR count). The zero-order valence-corrected chi connectivity index (χ0v) is 19.5. The zero-order valence-electron chi connectivity index (χ0n) is 17.1. The number of carbonyl (C=O) groups is 1. The monoisotopic (exact) mass is 502 g/mol. The second-order valence-electron chi connectivity index (χ2n) is 8.04. The van der Waals surface area contributed by atoms with Crippen LogP contribution in [0.1, 0.15) is 45.4 Å². The van der Waals surface area contributed by atoms with Gasteiger partial charge < -0.3 is 15.5 Å². The molecule has 2 heterocycles. The van der Waals surface area contributed by atoms with E-state index in [2.05, 4.69) is 32.5 Å². The van der Waals surface area contributed by atoms with Crippen LogP contribution in [0.2, 0.25) is 0 Å². The molecule has 0 spiro atoms. The summed E-state index contributed by atoms with van der Waals surface area (Å²) in [6.45, 7) is 5.56. The van der Waals surface area contributed by atoms with E-state index in [1.165, 1.54) is 19.3 Å². The number of aromatic nitrogens is 2. The Kier molecular flexibility index (Phi) is 9.53. The van der Waals surface area contributed by atoms with Crippen molar-refractivity contribution in [3.05, 3.63) is 18.5 Å². The molecule has 2 unspecified atom stereocenters. The molecule has 1 saturated carbocycles. The first-order valence-electron chi connectivity index (χ1n) is 10.4. The molecule has 8 heteroatoms. The minimum atomic E-state index is 0. The Labute approximate surface area is 185 Å². The molecule has 2 fully saturated rings. The lowest BCUT2D eigenvalue weighted by atomic mass is 9.88. The van der Waals surface area contributed by atoms with Crippen LogP contribution in [0, 0.1) is 11.8 Å². The van der Waals surface area contributed by atoms with Crippen molar-refractivity contribution in [2.24, 2.45) is 16.8 Å². The van der Waals surface area contributed by atoms with E-state index in [4.69, 9.17) is 0 Å². The molecule has 1 aromatic rings. The van der Waals surface area contributed by atoms with Crippen LogP contribution in [0.5, 0.6) is 0 Å². The van der Waals surface area contributed by atoms with Gasteiger partial charge in [-0.1, -0.05) is 26.2 Å². The standard InChI is InChI=1S/C20H34N6O.HI/c1-16(14-26-11-6-10-23-26)13-22-20(21-2)24-18-9-12-25(15-18)19(27)17-7-4-3-5-8-17;/h6,10-11,16-18H,3-5,7-9,12-15H2,1-2H3,(H2,21,22,24);1H. The number of halogens is 1. The van der Waals surface area contributed by atoms with E-state index in [1.807, 2.05) is 16.9 Å². The fraction of sp³-hybridized carbons (Fsp3) is 0.750. The number of aliphatic imine (C=N–C) groups is 1. The highest BCUT2D eigenvalue weighted by atomic mass is 127. The maximum absolute atomic E-state index is 12.7. The van der Waals surface area contributed by atoms with E-state index in [-0.39, 0.29) is 35.9 Å². The smallest absolute Gasteiger partial charge is 0.225 e. The summed E-state index contributed by atoms with van der Waals surface area (Å²) in [5.74, 6) is 1.89. The number of rotatable bonds is 6. The topological polar surface area (TPSA) is 74.6 Å². The number of likely N-dealkylation sites (tertiary alicyclic amines) is 1. The maximum atomic E-state index is 12.7. The van der Waals surface area contributed by atoms with Crippen LogP contribution < -0.4 is 10.6 Å². The largest absolute Gasteiger partial charge is 0.356 e. The van der Waals surface area contributed by atoms with E-state index in [9.17, 15) is 4.79 Å². The van der Waals surface area contributed by atoms with Gasteiger partial charge in [0.1, 0.15) is 0 Å². The molecule has 1 amide bonds. The van der Waals surface area contributed by atoms with E-state index in [0.717, 1.165) is 51.4 Å².